The van der Waals surface area contributed by atoms with Crippen molar-refractivity contribution in [1.82, 2.24) is 4.90 Å². The number of hydrogen-bond donors (Lipinski definition) is 0. The molecule has 0 aromatic heterocycles. The zero-order valence-electron chi connectivity index (χ0n) is 32.9. The maximum atomic E-state index is 13.9. The van der Waals surface area contributed by atoms with Crippen molar-refractivity contribution in [3.63, 3.8) is 0 Å². The lowest BCUT2D eigenvalue weighted by molar-refractivity contribution is -0.277. The van der Waals surface area contributed by atoms with Gasteiger partial charge in [-0.05, 0) is 141 Å². The van der Waals surface area contributed by atoms with E-state index in [0.29, 0.717) is 59.7 Å². The lowest BCUT2D eigenvalue weighted by atomic mass is 9.59. The largest absolute Gasteiger partial charge is 0.436 e. The molecule has 6 rings (SSSR count). The van der Waals surface area contributed by atoms with Crippen LogP contribution in [-0.4, -0.2) is 64.8 Å². The molecular weight excluding hydrogens is 616 g/mol. The summed E-state index contributed by atoms with van der Waals surface area (Å²) in [4.78, 5) is 21.7. The maximum absolute atomic E-state index is 13.9. The van der Waals surface area contributed by atoms with E-state index in [9.17, 15) is 4.79 Å². The molecule has 16 atom stereocenters. The van der Waals surface area contributed by atoms with E-state index in [2.05, 4.69) is 41.5 Å². The number of amides is 1. The Kier molecular flexibility index (Phi) is 11.0. The van der Waals surface area contributed by atoms with Crippen LogP contribution in [0.2, 0.25) is 0 Å². The molecule has 0 N–H and O–H groups in total. The molecule has 6 fully saturated rings. The third-order valence-corrected chi connectivity index (χ3v) is 14.0. The molecule has 49 heavy (non-hydrogen) atoms. The number of ether oxygens (including phenoxy) is 4. The van der Waals surface area contributed by atoms with Gasteiger partial charge in [-0.1, -0.05) is 45.7 Å². The van der Waals surface area contributed by atoms with Crippen LogP contribution in [0, 0.1) is 59.2 Å². The van der Waals surface area contributed by atoms with Gasteiger partial charge in [0.15, 0.2) is 12.6 Å². The Bertz CT molecular complexity index is 1180. The first-order chi connectivity index (χ1) is 23.0. The molecule has 280 valence electrons. The van der Waals surface area contributed by atoms with Crippen molar-refractivity contribution < 1.29 is 28.6 Å². The first-order valence-electron chi connectivity index (χ1n) is 20.2. The average Bonchev–Trinajstić information content (AvgIpc) is 3.27. The minimum atomic E-state index is -0.441. The number of carbonyl (C=O) groups is 1. The number of hydrogen-bond acceptors (Lipinski definition) is 7. The first-order valence-corrected chi connectivity index (χ1v) is 20.2. The summed E-state index contributed by atoms with van der Waals surface area (Å²) in [5.74, 6) is 4.99. The van der Waals surface area contributed by atoms with E-state index in [1.54, 1.807) is 4.90 Å². The van der Waals surface area contributed by atoms with E-state index in [4.69, 9.17) is 28.9 Å². The quantitative estimate of drug-likeness (QED) is 0.167. The van der Waals surface area contributed by atoms with Crippen LogP contribution in [-0.2, 0) is 23.8 Å². The Hall–Kier alpha value is -1.22. The second-order valence-electron chi connectivity index (χ2n) is 19.5. The topological polar surface area (TPSA) is 78.8 Å². The molecule has 4 aliphatic heterocycles. The molecule has 0 aromatic carbocycles. The Labute approximate surface area is 298 Å². The molecule has 0 spiro atoms. The molecule has 0 aromatic rings. The van der Waals surface area contributed by atoms with Gasteiger partial charge in [0, 0.05) is 29.3 Å². The third-order valence-electron chi connectivity index (χ3n) is 14.0. The van der Waals surface area contributed by atoms with Crippen molar-refractivity contribution in [3.05, 3.63) is 0 Å². The molecule has 2 saturated carbocycles. The summed E-state index contributed by atoms with van der Waals surface area (Å²) in [6.45, 7) is 26.2. The maximum Gasteiger partial charge on any atom is 0.436 e. The van der Waals surface area contributed by atoms with Gasteiger partial charge in [0.25, 0.3) is 0 Å². The zero-order valence-corrected chi connectivity index (χ0v) is 32.9. The van der Waals surface area contributed by atoms with Crippen LogP contribution in [0.5, 0.6) is 0 Å². The van der Waals surface area contributed by atoms with Gasteiger partial charge in [-0.15, -0.1) is 0 Å². The van der Waals surface area contributed by atoms with Crippen molar-refractivity contribution >= 4 is 11.8 Å². The minimum Gasteiger partial charge on any atom is -0.349 e. The molecule has 16 unspecified atom stereocenters. The Balaban J connectivity index is 1.33. The molecule has 8 nitrogen and oxygen atoms in total. The number of oxime groups is 1. The van der Waals surface area contributed by atoms with Gasteiger partial charge < -0.3 is 18.9 Å². The third kappa shape index (κ3) is 7.51. The summed E-state index contributed by atoms with van der Waals surface area (Å²) in [6.07, 6.45) is 8.98. The van der Waals surface area contributed by atoms with Gasteiger partial charge in [-0.25, -0.2) is 4.79 Å². The normalized spacial score (nSPS) is 46.1. The van der Waals surface area contributed by atoms with Gasteiger partial charge in [0.05, 0.1) is 24.0 Å². The van der Waals surface area contributed by atoms with Gasteiger partial charge in [-0.2, -0.15) is 0 Å². The molecule has 4 saturated heterocycles. The Morgan fingerprint density at radius 1 is 0.633 bits per heavy atom. The molecule has 8 heteroatoms. The van der Waals surface area contributed by atoms with Gasteiger partial charge in [0.2, 0.25) is 0 Å². The first kappa shape index (κ1) is 37.5. The van der Waals surface area contributed by atoms with Crippen LogP contribution in [0.25, 0.3) is 0 Å². The van der Waals surface area contributed by atoms with Crippen LogP contribution in [0.15, 0.2) is 5.16 Å². The Morgan fingerprint density at radius 2 is 1.10 bits per heavy atom. The van der Waals surface area contributed by atoms with Crippen molar-refractivity contribution in [2.45, 2.75) is 189 Å². The molecule has 0 radical (unpaired) electrons. The highest BCUT2D eigenvalue weighted by atomic mass is 16.7. The van der Waals surface area contributed by atoms with E-state index in [-0.39, 0.29) is 42.9 Å². The lowest BCUT2D eigenvalue weighted by Gasteiger charge is -2.53. The molecule has 1 amide bonds. The average molecular weight is 687 g/mol. The van der Waals surface area contributed by atoms with Gasteiger partial charge in [0.1, 0.15) is 6.10 Å². The van der Waals surface area contributed by atoms with Crippen LogP contribution in [0.1, 0.15) is 141 Å². The molecular formula is C41H70N2O6. The van der Waals surface area contributed by atoms with E-state index in [0.717, 1.165) is 18.6 Å². The molecule has 2 aliphatic carbocycles. The summed E-state index contributed by atoms with van der Waals surface area (Å²) >= 11 is 0. The highest BCUT2D eigenvalue weighted by Gasteiger charge is 2.55. The summed E-state index contributed by atoms with van der Waals surface area (Å²) in [7, 11) is 0. The monoisotopic (exact) mass is 687 g/mol. The number of nitrogens with zero attached hydrogens (tertiary/aromatic N) is 2. The van der Waals surface area contributed by atoms with Gasteiger partial charge >= 0.3 is 6.09 Å². The van der Waals surface area contributed by atoms with Crippen molar-refractivity contribution in [1.29, 1.82) is 0 Å². The second-order valence-corrected chi connectivity index (χ2v) is 19.5. The SMILES string of the molecule is CC1CCC2C(C)CCC3C(C)C(CC(=NOC(=O)N(C(C)(C)C)C(C)(C)C)C4OC5OC(C)CCC6C(C)CCC(C4C)C56)OC(O1)C23. The van der Waals surface area contributed by atoms with E-state index < -0.39 is 17.2 Å². The fourth-order valence-corrected chi connectivity index (χ4v) is 11.8. The van der Waals surface area contributed by atoms with Crippen molar-refractivity contribution in [2.24, 2.45) is 64.3 Å². The highest BCUT2D eigenvalue weighted by molar-refractivity contribution is 5.90. The molecule has 0 bridgehead atoms. The van der Waals surface area contributed by atoms with Crippen molar-refractivity contribution in [3.8, 4) is 0 Å². The lowest BCUT2D eigenvalue weighted by Crippen LogP contribution is -2.57. The smallest absolute Gasteiger partial charge is 0.349 e. The minimum absolute atomic E-state index is 0.106. The molecule has 4 heterocycles. The summed E-state index contributed by atoms with van der Waals surface area (Å²) in [5.41, 5.74) is -0.109. The standard InChI is InChI=1S/C41H70N2O6/c1-22-13-17-30-26(5)33(47-37-34(30)28(22)19-15-24(3)45-37)21-32(42-49-39(44)43(40(7,8)9)41(10,11)12)36-27(6)31-18-14-23(2)29-20-16-25(4)46-38(48-36)35(29)31/h22-31,33-38H,13-21H2,1-12H3. The van der Waals surface area contributed by atoms with Gasteiger partial charge in [-0.3, -0.25) is 9.74 Å². The van der Waals surface area contributed by atoms with E-state index in [1.807, 2.05) is 41.5 Å². The van der Waals surface area contributed by atoms with E-state index >= 15 is 0 Å². The second kappa shape index (κ2) is 14.3. The van der Waals surface area contributed by atoms with Crippen LogP contribution in [0.4, 0.5) is 4.79 Å². The summed E-state index contributed by atoms with van der Waals surface area (Å²) in [5, 5.41) is 4.83. The fraction of sp³-hybridized carbons (Fsp3) is 0.951. The highest BCUT2D eigenvalue weighted by Crippen LogP contribution is 2.55. The summed E-state index contributed by atoms with van der Waals surface area (Å²) < 4.78 is 27.5. The summed E-state index contributed by atoms with van der Waals surface area (Å²) in [6, 6.07) is 0. The zero-order chi connectivity index (χ0) is 35.6. The van der Waals surface area contributed by atoms with E-state index in [1.165, 1.54) is 38.5 Å². The number of carbonyl (C=O) groups excluding carboxylic acids is 1. The Morgan fingerprint density at radius 3 is 1.61 bits per heavy atom. The van der Waals surface area contributed by atoms with Crippen LogP contribution >= 0.6 is 0 Å². The predicted octanol–water partition coefficient (Wildman–Crippen LogP) is 9.44. The predicted molar refractivity (Wildman–Crippen MR) is 193 cm³/mol. The fourth-order valence-electron chi connectivity index (χ4n) is 11.8. The van der Waals surface area contributed by atoms with Crippen LogP contribution < -0.4 is 0 Å². The van der Waals surface area contributed by atoms with Crippen molar-refractivity contribution in [2.75, 3.05) is 0 Å². The van der Waals surface area contributed by atoms with Crippen LogP contribution in [0.3, 0.4) is 0 Å². The molecule has 6 aliphatic rings. The number of rotatable bonds is 4.